The van der Waals surface area contributed by atoms with Gasteiger partial charge in [0, 0.05) is 17.9 Å². The molecule has 2 aromatic heterocycles. The van der Waals surface area contributed by atoms with Gasteiger partial charge in [-0.25, -0.2) is 9.97 Å². The zero-order chi connectivity index (χ0) is 17.4. The minimum Gasteiger partial charge on any atom is -0.345 e. The van der Waals surface area contributed by atoms with Crippen molar-refractivity contribution in [1.29, 1.82) is 0 Å². The average Bonchev–Trinajstić information content (AvgIpc) is 2.93. The number of fused-ring (bicyclic) bond motifs is 1. The molecule has 1 aromatic carbocycles. The monoisotopic (exact) mass is 320 g/mol. The quantitative estimate of drug-likeness (QED) is 0.714. The van der Waals surface area contributed by atoms with Crippen LogP contribution in [0, 0.1) is 13.8 Å². The van der Waals surface area contributed by atoms with Crippen LogP contribution in [0.15, 0.2) is 43.0 Å². The Labute approximate surface area is 143 Å². The highest BCUT2D eigenvalue weighted by Crippen LogP contribution is 2.31. The van der Waals surface area contributed by atoms with Crippen molar-refractivity contribution in [2.24, 2.45) is 0 Å². The molecule has 0 saturated carbocycles. The number of anilines is 1. The Morgan fingerprint density at radius 3 is 2.54 bits per heavy atom. The van der Waals surface area contributed by atoms with Crippen LogP contribution >= 0.6 is 0 Å². The number of aromatic nitrogens is 3. The van der Waals surface area contributed by atoms with E-state index >= 15 is 0 Å². The van der Waals surface area contributed by atoms with Gasteiger partial charge in [-0.05, 0) is 75.1 Å². The molecule has 124 valence electrons. The van der Waals surface area contributed by atoms with E-state index in [1.807, 2.05) is 19.4 Å². The van der Waals surface area contributed by atoms with Gasteiger partial charge in [-0.2, -0.15) is 0 Å². The highest BCUT2D eigenvalue weighted by Gasteiger charge is 2.12. The molecule has 0 spiro atoms. The van der Waals surface area contributed by atoms with Gasteiger partial charge in [-0.1, -0.05) is 6.58 Å². The number of nitrogens with zero attached hydrogens (tertiary/aromatic N) is 3. The molecule has 0 saturated heterocycles. The van der Waals surface area contributed by atoms with E-state index in [9.17, 15) is 0 Å². The molecule has 4 nitrogen and oxygen atoms in total. The highest BCUT2D eigenvalue weighted by molar-refractivity contribution is 5.86. The van der Waals surface area contributed by atoms with Gasteiger partial charge in [0.1, 0.15) is 5.82 Å². The Hall–Kier alpha value is -2.62. The van der Waals surface area contributed by atoms with Crippen molar-refractivity contribution in [1.82, 2.24) is 14.5 Å². The molecule has 0 fully saturated rings. The molecule has 0 aliphatic rings. The van der Waals surface area contributed by atoms with Crippen LogP contribution in [-0.2, 0) is 0 Å². The number of nitrogens with one attached hydrogen (secondary N) is 1. The molecule has 0 atom stereocenters. The zero-order valence-corrected chi connectivity index (χ0v) is 15.0. The van der Waals surface area contributed by atoms with E-state index in [1.165, 1.54) is 22.2 Å². The number of pyridine rings is 1. The van der Waals surface area contributed by atoms with Crippen LogP contribution in [0.4, 0.5) is 5.82 Å². The summed E-state index contributed by atoms with van der Waals surface area (Å²) in [6, 6.07) is 6.89. The van der Waals surface area contributed by atoms with Crippen LogP contribution in [0.3, 0.4) is 0 Å². The number of allylic oxidation sites excluding steroid dienone is 1. The SMILES string of the molecule is C=C(C)Nc1cc(-c2cc(C)c3ncn(C(C)C)c3c2)c(C)cn1. The fourth-order valence-electron chi connectivity index (χ4n) is 3.00. The lowest BCUT2D eigenvalue weighted by molar-refractivity contribution is 0.617. The minimum absolute atomic E-state index is 0.379. The molecule has 0 aliphatic carbocycles. The van der Waals surface area contributed by atoms with Gasteiger partial charge in [0.05, 0.1) is 17.4 Å². The smallest absolute Gasteiger partial charge is 0.130 e. The van der Waals surface area contributed by atoms with Gasteiger partial charge >= 0.3 is 0 Å². The van der Waals surface area contributed by atoms with Gasteiger partial charge in [0.25, 0.3) is 0 Å². The first-order chi connectivity index (χ1) is 11.4. The second-order valence-corrected chi connectivity index (χ2v) is 6.70. The molecule has 3 aromatic rings. The first kappa shape index (κ1) is 16.2. The number of rotatable bonds is 4. The third-order valence-electron chi connectivity index (χ3n) is 4.18. The summed E-state index contributed by atoms with van der Waals surface area (Å²) < 4.78 is 2.22. The van der Waals surface area contributed by atoms with Crippen LogP contribution in [0.2, 0.25) is 0 Å². The van der Waals surface area contributed by atoms with Crippen LogP contribution < -0.4 is 5.32 Å². The number of imidazole rings is 1. The number of benzene rings is 1. The van der Waals surface area contributed by atoms with Gasteiger partial charge in [-0.3, -0.25) is 0 Å². The molecule has 3 rings (SSSR count). The van der Waals surface area contributed by atoms with E-state index < -0.39 is 0 Å². The standard InChI is InChI=1S/C20H24N4/c1-12(2)23-19-9-17(15(6)10-21-19)16-7-14(5)20-18(8-16)24(11-22-20)13(3)4/h7-11,13H,1H2,2-6H3,(H,21,23). The van der Waals surface area contributed by atoms with Crippen molar-refractivity contribution in [3.8, 4) is 11.1 Å². The second-order valence-electron chi connectivity index (χ2n) is 6.70. The number of hydrogen-bond acceptors (Lipinski definition) is 3. The Morgan fingerprint density at radius 1 is 1.12 bits per heavy atom. The Kier molecular flexibility index (Phi) is 4.14. The summed E-state index contributed by atoms with van der Waals surface area (Å²) in [5, 5.41) is 3.20. The molecular formula is C20H24N4. The first-order valence-electron chi connectivity index (χ1n) is 8.23. The maximum Gasteiger partial charge on any atom is 0.130 e. The molecule has 4 heteroatoms. The van der Waals surface area contributed by atoms with Crippen molar-refractivity contribution >= 4 is 16.9 Å². The minimum atomic E-state index is 0.379. The maximum atomic E-state index is 4.58. The second kappa shape index (κ2) is 6.11. The van der Waals surface area contributed by atoms with E-state index in [2.05, 4.69) is 72.3 Å². The van der Waals surface area contributed by atoms with Crippen LogP contribution in [0.5, 0.6) is 0 Å². The van der Waals surface area contributed by atoms with E-state index in [4.69, 9.17) is 0 Å². The van der Waals surface area contributed by atoms with Gasteiger partial charge in [-0.15, -0.1) is 0 Å². The predicted molar refractivity (Wildman–Crippen MR) is 101 cm³/mol. The third kappa shape index (κ3) is 2.92. The van der Waals surface area contributed by atoms with Crippen molar-refractivity contribution in [2.45, 2.75) is 40.7 Å². The highest BCUT2D eigenvalue weighted by atomic mass is 15.1. The molecule has 24 heavy (non-hydrogen) atoms. The third-order valence-corrected chi connectivity index (χ3v) is 4.18. The van der Waals surface area contributed by atoms with E-state index in [0.29, 0.717) is 6.04 Å². The van der Waals surface area contributed by atoms with Crippen LogP contribution in [0.25, 0.3) is 22.2 Å². The lowest BCUT2D eigenvalue weighted by Gasteiger charge is -2.13. The fourth-order valence-corrected chi connectivity index (χ4v) is 3.00. The molecule has 0 unspecified atom stereocenters. The summed E-state index contributed by atoms with van der Waals surface area (Å²) >= 11 is 0. The van der Waals surface area contributed by atoms with Gasteiger partial charge in [0.15, 0.2) is 0 Å². The van der Waals surface area contributed by atoms with E-state index in [1.54, 1.807) is 0 Å². The summed E-state index contributed by atoms with van der Waals surface area (Å²) in [5.74, 6) is 0.818. The van der Waals surface area contributed by atoms with Crippen LogP contribution in [0.1, 0.15) is 37.9 Å². The van der Waals surface area contributed by atoms with Crippen molar-refractivity contribution in [2.75, 3.05) is 5.32 Å². The summed E-state index contributed by atoms with van der Waals surface area (Å²) in [4.78, 5) is 9.02. The molecule has 0 bridgehead atoms. The van der Waals surface area contributed by atoms with Gasteiger partial charge < -0.3 is 9.88 Å². The average molecular weight is 320 g/mol. The normalized spacial score (nSPS) is 11.2. The molecule has 2 heterocycles. The lowest BCUT2D eigenvalue weighted by Crippen LogP contribution is -2.00. The summed E-state index contributed by atoms with van der Waals surface area (Å²) in [6.07, 6.45) is 3.83. The Bertz CT molecular complexity index is 919. The van der Waals surface area contributed by atoms with Crippen molar-refractivity contribution in [3.63, 3.8) is 0 Å². The predicted octanol–water partition coefficient (Wildman–Crippen LogP) is 5.24. The van der Waals surface area contributed by atoms with Crippen molar-refractivity contribution in [3.05, 3.63) is 54.1 Å². The van der Waals surface area contributed by atoms with Crippen LogP contribution in [-0.4, -0.2) is 14.5 Å². The Balaban J connectivity index is 2.19. The van der Waals surface area contributed by atoms with E-state index in [0.717, 1.165) is 22.6 Å². The lowest BCUT2D eigenvalue weighted by atomic mass is 9.99. The summed E-state index contributed by atoms with van der Waals surface area (Å²) in [6.45, 7) is 14.4. The van der Waals surface area contributed by atoms with E-state index in [-0.39, 0.29) is 0 Å². The Morgan fingerprint density at radius 2 is 1.88 bits per heavy atom. The first-order valence-corrected chi connectivity index (χ1v) is 8.23. The maximum absolute atomic E-state index is 4.58. The van der Waals surface area contributed by atoms with Gasteiger partial charge in [0.2, 0.25) is 0 Å². The largest absolute Gasteiger partial charge is 0.345 e. The number of aryl methyl sites for hydroxylation is 2. The fraction of sp³-hybridized carbons (Fsp3) is 0.300. The molecule has 0 amide bonds. The molecule has 1 N–H and O–H groups in total. The topological polar surface area (TPSA) is 42.7 Å². The molecule has 0 radical (unpaired) electrons. The summed E-state index contributed by atoms with van der Waals surface area (Å²) in [7, 11) is 0. The molecule has 0 aliphatic heterocycles. The van der Waals surface area contributed by atoms with Crippen molar-refractivity contribution < 1.29 is 0 Å². The molecular weight excluding hydrogens is 296 g/mol. The summed E-state index contributed by atoms with van der Waals surface area (Å²) in [5.41, 5.74) is 7.82. The number of hydrogen-bond donors (Lipinski definition) is 1. The zero-order valence-electron chi connectivity index (χ0n) is 15.0.